The molecule has 8 heteroatoms. The molecule has 1 aromatic carbocycles. The molecule has 3 aromatic heterocycles. The highest BCUT2D eigenvalue weighted by Gasteiger charge is 2.11. The average molecular weight is 397 g/mol. The van der Waals surface area contributed by atoms with E-state index in [1.54, 1.807) is 10.5 Å². The normalized spacial score (nSPS) is 11.1. The van der Waals surface area contributed by atoms with Crippen molar-refractivity contribution in [3.8, 4) is 11.4 Å². The van der Waals surface area contributed by atoms with E-state index in [4.69, 9.17) is 0 Å². The van der Waals surface area contributed by atoms with Gasteiger partial charge < -0.3 is 0 Å². The summed E-state index contributed by atoms with van der Waals surface area (Å²) in [4.78, 5) is 18.3. The molecular formula is C17H13BrN6O. The number of halogens is 1. The molecule has 0 aliphatic rings. The molecule has 0 radical (unpaired) electrons. The fourth-order valence-electron chi connectivity index (χ4n) is 2.65. The second-order valence-corrected chi connectivity index (χ2v) is 6.42. The van der Waals surface area contributed by atoms with Gasteiger partial charge in [0.15, 0.2) is 0 Å². The minimum atomic E-state index is -0.121. The summed E-state index contributed by atoms with van der Waals surface area (Å²) in [6.45, 7) is 2.15. The summed E-state index contributed by atoms with van der Waals surface area (Å²) in [6.07, 6.45) is 0. The van der Waals surface area contributed by atoms with Crippen molar-refractivity contribution in [2.24, 2.45) is 0 Å². The lowest BCUT2D eigenvalue weighted by atomic mass is 10.2. The lowest BCUT2D eigenvalue weighted by molar-refractivity contribution is 0.564. The van der Waals surface area contributed by atoms with Gasteiger partial charge in [0, 0.05) is 21.8 Å². The first-order chi connectivity index (χ1) is 12.1. The lowest BCUT2D eigenvalue weighted by Crippen LogP contribution is -2.19. The van der Waals surface area contributed by atoms with E-state index in [-0.39, 0.29) is 12.1 Å². The first kappa shape index (κ1) is 15.6. The standard InChI is InChI=1S/C17H13BrN6O/c1-11-5-4-8-15-19-12(9-16(25)24(11)15)10-23-21-17(20-22-23)13-6-2-3-7-14(13)18/h2-9H,10H2,1H3. The summed E-state index contributed by atoms with van der Waals surface area (Å²) < 4.78 is 2.47. The summed E-state index contributed by atoms with van der Waals surface area (Å²) in [7, 11) is 0. The van der Waals surface area contributed by atoms with Gasteiger partial charge in [0.1, 0.15) is 12.2 Å². The molecule has 124 valence electrons. The van der Waals surface area contributed by atoms with Crippen LogP contribution in [0.4, 0.5) is 0 Å². The zero-order chi connectivity index (χ0) is 17.4. The van der Waals surface area contributed by atoms with Gasteiger partial charge in [-0.25, -0.2) is 4.98 Å². The Kier molecular flexibility index (Phi) is 3.89. The number of pyridine rings is 1. The molecule has 0 unspecified atom stereocenters. The molecule has 0 saturated heterocycles. The Balaban J connectivity index is 1.69. The minimum absolute atomic E-state index is 0.121. The first-order valence-electron chi connectivity index (χ1n) is 7.63. The van der Waals surface area contributed by atoms with E-state index < -0.39 is 0 Å². The van der Waals surface area contributed by atoms with Crippen LogP contribution < -0.4 is 5.56 Å². The number of hydrogen-bond acceptors (Lipinski definition) is 5. The molecule has 0 amide bonds. The molecule has 3 heterocycles. The Labute approximate surface area is 151 Å². The first-order valence-corrected chi connectivity index (χ1v) is 8.42. The van der Waals surface area contributed by atoms with E-state index in [1.165, 1.54) is 10.9 Å². The Morgan fingerprint density at radius 2 is 1.96 bits per heavy atom. The fourth-order valence-corrected chi connectivity index (χ4v) is 3.11. The van der Waals surface area contributed by atoms with Crippen molar-refractivity contribution >= 4 is 21.6 Å². The van der Waals surface area contributed by atoms with Crippen LogP contribution >= 0.6 is 15.9 Å². The van der Waals surface area contributed by atoms with Gasteiger partial charge in [-0.15, -0.1) is 10.2 Å². The van der Waals surface area contributed by atoms with Crippen LogP contribution in [0.3, 0.4) is 0 Å². The fraction of sp³-hybridized carbons (Fsp3) is 0.118. The Morgan fingerprint density at radius 1 is 1.12 bits per heavy atom. The van der Waals surface area contributed by atoms with E-state index >= 15 is 0 Å². The van der Waals surface area contributed by atoms with Crippen molar-refractivity contribution in [3.63, 3.8) is 0 Å². The van der Waals surface area contributed by atoms with Crippen molar-refractivity contribution < 1.29 is 0 Å². The number of tetrazole rings is 1. The summed E-state index contributed by atoms with van der Waals surface area (Å²) in [5.74, 6) is 0.515. The van der Waals surface area contributed by atoms with Crippen LogP contribution in [0.25, 0.3) is 17.0 Å². The monoisotopic (exact) mass is 396 g/mol. The lowest BCUT2D eigenvalue weighted by Gasteiger charge is -2.05. The summed E-state index contributed by atoms with van der Waals surface area (Å²) >= 11 is 3.48. The molecule has 4 rings (SSSR count). The van der Waals surface area contributed by atoms with E-state index in [1.807, 2.05) is 43.3 Å². The number of hydrogen-bond donors (Lipinski definition) is 0. The highest BCUT2D eigenvalue weighted by molar-refractivity contribution is 9.10. The smallest absolute Gasteiger partial charge is 0.258 e. The number of benzene rings is 1. The van der Waals surface area contributed by atoms with Crippen molar-refractivity contribution in [3.05, 3.63) is 74.7 Å². The summed E-state index contributed by atoms with van der Waals surface area (Å²) in [5, 5.41) is 12.5. The minimum Gasteiger partial charge on any atom is -0.269 e. The second-order valence-electron chi connectivity index (χ2n) is 5.57. The second kappa shape index (κ2) is 6.21. The van der Waals surface area contributed by atoms with Gasteiger partial charge >= 0.3 is 0 Å². The van der Waals surface area contributed by atoms with Gasteiger partial charge in [-0.3, -0.25) is 9.20 Å². The molecule has 0 fully saturated rings. The molecule has 0 N–H and O–H groups in total. The average Bonchev–Trinajstić information content (AvgIpc) is 3.03. The quantitative estimate of drug-likeness (QED) is 0.531. The maximum absolute atomic E-state index is 12.3. The predicted octanol–water partition coefficient (Wildman–Crippen LogP) is 2.47. The van der Waals surface area contributed by atoms with E-state index in [0.29, 0.717) is 17.2 Å². The molecule has 25 heavy (non-hydrogen) atoms. The van der Waals surface area contributed by atoms with Gasteiger partial charge in [-0.05, 0) is 36.4 Å². The van der Waals surface area contributed by atoms with E-state index in [9.17, 15) is 4.79 Å². The largest absolute Gasteiger partial charge is 0.269 e. The summed E-state index contributed by atoms with van der Waals surface area (Å²) in [6, 6.07) is 14.7. The summed E-state index contributed by atoms with van der Waals surface area (Å²) in [5.41, 5.74) is 2.78. The maximum atomic E-state index is 12.3. The molecule has 0 aliphatic heterocycles. The predicted molar refractivity (Wildman–Crippen MR) is 96.3 cm³/mol. The van der Waals surface area contributed by atoms with Crippen molar-refractivity contribution in [1.29, 1.82) is 0 Å². The van der Waals surface area contributed by atoms with Gasteiger partial charge in [0.05, 0.1) is 5.69 Å². The molecule has 0 atom stereocenters. The van der Waals surface area contributed by atoms with Gasteiger partial charge in [0.2, 0.25) is 5.82 Å². The van der Waals surface area contributed by atoms with Crippen molar-refractivity contribution in [2.75, 3.05) is 0 Å². The van der Waals surface area contributed by atoms with Crippen LogP contribution in [-0.4, -0.2) is 29.6 Å². The Hall–Kier alpha value is -2.87. The van der Waals surface area contributed by atoms with Crippen LogP contribution in [0.2, 0.25) is 0 Å². The number of fused-ring (bicyclic) bond motifs is 1. The van der Waals surface area contributed by atoms with Crippen molar-refractivity contribution in [1.82, 2.24) is 29.6 Å². The zero-order valence-electron chi connectivity index (χ0n) is 13.3. The maximum Gasteiger partial charge on any atom is 0.258 e. The molecule has 0 aliphatic carbocycles. The van der Waals surface area contributed by atoms with Crippen LogP contribution in [0.1, 0.15) is 11.4 Å². The Bertz CT molecular complexity index is 1130. The third-order valence-electron chi connectivity index (χ3n) is 3.80. The number of aromatic nitrogens is 6. The van der Waals surface area contributed by atoms with Crippen LogP contribution in [0, 0.1) is 6.92 Å². The topological polar surface area (TPSA) is 78.0 Å². The van der Waals surface area contributed by atoms with Gasteiger partial charge in [-0.2, -0.15) is 4.80 Å². The van der Waals surface area contributed by atoms with E-state index in [2.05, 4.69) is 36.3 Å². The molecule has 4 aromatic rings. The van der Waals surface area contributed by atoms with Crippen LogP contribution in [0.5, 0.6) is 0 Å². The van der Waals surface area contributed by atoms with Crippen LogP contribution in [-0.2, 0) is 6.54 Å². The van der Waals surface area contributed by atoms with E-state index in [0.717, 1.165) is 15.7 Å². The third-order valence-corrected chi connectivity index (χ3v) is 4.50. The number of aryl methyl sites for hydroxylation is 1. The van der Waals surface area contributed by atoms with Gasteiger partial charge in [0.25, 0.3) is 5.56 Å². The number of rotatable bonds is 3. The van der Waals surface area contributed by atoms with Gasteiger partial charge in [-0.1, -0.05) is 34.1 Å². The highest BCUT2D eigenvalue weighted by atomic mass is 79.9. The number of nitrogens with zero attached hydrogens (tertiary/aromatic N) is 6. The highest BCUT2D eigenvalue weighted by Crippen LogP contribution is 2.24. The van der Waals surface area contributed by atoms with Crippen molar-refractivity contribution in [2.45, 2.75) is 13.5 Å². The SMILES string of the molecule is Cc1cccc2nc(Cn3nnc(-c4ccccc4Br)n3)cc(=O)n12. The molecular weight excluding hydrogens is 384 g/mol. The van der Waals surface area contributed by atoms with Crippen LogP contribution in [0.15, 0.2) is 57.8 Å². The third kappa shape index (κ3) is 2.96. The molecule has 0 spiro atoms. The molecule has 7 nitrogen and oxygen atoms in total. The molecule has 0 bridgehead atoms. The Morgan fingerprint density at radius 3 is 2.80 bits per heavy atom. The zero-order valence-corrected chi connectivity index (χ0v) is 14.9. The molecule has 0 saturated carbocycles.